The quantitative estimate of drug-likeness (QED) is 0.822. The molecule has 0 aromatic heterocycles. The molecule has 0 heterocycles. The van der Waals surface area contributed by atoms with Gasteiger partial charge in [-0.05, 0) is 58.7 Å². The van der Waals surface area contributed by atoms with Gasteiger partial charge in [0, 0.05) is 25.3 Å². The Kier molecular flexibility index (Phi) is 4.73. The summed E-state index contributed by atoms with van der Waals surface area (Å²) < 4.78 is 1.06. The highest BCUT2D eigenvalue weighted by Gasteiger charge is 2.06. The highest BCUT2D eigenvalue weighted by atomic mass is 79.9. The SMILES string of the molecule is C[C@H](N)c1ccc(Sc2cccc(Cl)c2)c(Br)c1. The summed E-state index contributed by atoms with van der Waals surface area (Å²) in [6.07, 6.45) is 0. The molecule has 4 heteroatoms. The van der Waals surface area contributed by atoms with Crippen LogP contribution in [0.5, 0.6) is 0 Å². The third kappa shape index (κ3) is 3.51. The van der Waals surface area contributed by atoms with Gasteiger partial charge in [-0.1, -0.05) is 35.5 Å². The topological polar surface area (TPSA) is 26.0 Å². The fourth-order valence-corrected chi connectivity index (χ4v) is 3.31. The largest absolute Gasteiger partial charge is 0.324 e. The van der Waals surface area contributed by atoms with Gasteiger partial charge in [-0.3, -0.25) is 0 Å². The van der Waals surface area contributed by atoms with E-state index in [9.17, 15) is 0 Å². The third-order valence-corrected chi connectivity index (χ3v) is 4.72. The highest BCUT2D eigenvalue weighted by Crippen LogP contribution is 2.35. The van der Waals surface area contributed by atoms with Crippen molar-refractivity contribution in [3.8, 4) is 0 Å². The summed E-state index contributed by atoms with van der Waals surface area (Å²) in [5.41, 5.74) is 6.98. The Morgan fingerprint density at radius 3 is 2.61 bits per heavy atom. The Labute approximate surface area is 125 Å². The molecule has 0 aliphatic rings. The maximum atomic E-state index is 5.98. The summed E-state index contributed by atoms with van der Waals surface area (Å²) in [7, 11) is 0. The molecule has 1 nitrogen and oxygen atoms in total. The summed E-state index contributed by atoms with van der Waals surface area (Å²) in [6, 6.07) is 14.1. The minimum atomic E-state index is 0.0477. The summed E-state index contributed by atoms with van der Waals surface area (Å²) in [6.45, 7) is 1.98. The van der Waals surface area contributed by atoms with Gasteiger partial charge in [0.1, 0.15) is 0 Å². The van der Waals surface area contributed by atoms with E-state index in [2.05, 4.69) is 34.1 Å². The first-order valence-electron chi connectivity index (χ1n) is 5.54. The molecular formula is C14H13BrClNS. The van der Waals surface area contributed by atoms with E-state index in [0.29, 0.717) is 0 Å². The second kappa shape index (κ2) is 6.11. The van der Waals surface area contributed by atoms with E-state index in [-0.39, 0.29) is 6.04 Å². The van der Waals surface area contributed by atoms with E-state index >= 15 is 0 Å². The van der Waals surface area contributed by atoms with Crippen molar-refractivity contribution in [3.63, 3.8) is 0 Å². The van der Waals surface area contributed by atoms with Crippen molar-refractivity contribution in [3.05, 3.63) is 57.5 Å². The Morgan fingerprint density at radius 2 is 2.00 bits per heavy atom. The van der Waals surface area contributed by atoms with Gasteiger partial charge in [-0.2, -0.15) is 0 Å². The molecule has 0 saturated carbocycles. The second-order valence-corrected chi connectivity index (χ2v) is 6.44. The number of rotatable bonds is 3. The van der Waals surface area contributed by atoms with E-state index in [1.807, 2.05) is 31.2 Å². The van der Waals surface area contributed by atoms with Crippen LogP contribution < -0.4 is 5.73 Å². The predicted octanol–water partition coefficient (Wildman–Crippen LogP) is 5.27. The first-order valence-corrected chi connectivity index (χ1v) is 7.53. The molecule has 0 saturated heterocycles. The lowest BCUT2D eigenvalue weighted by atomic mass is 10.1. The average molecular weight is 343 g/mol. The average Bonchev–Trinajstić information content (AvgIpc) is 2.31. The maximum absolute atomic E-state index is 5.98. The van der Waals surface area contributed by atoms with Crippen molar-refractivity contribution in [1.82, 2.24) is 0 Å². The molecule has 0 aliphatic carbocycles. The van der Waals surface area contributed by atoms with E-state index in [1.54, 1.807) is 11.8 Å². The first kappa shape index (κ1) is 13.9. The molecule has 0 amide bonds. The monoisotopic (exact) mass is 341 g/mol. The van der Waals surface area contributed by atoms with Crippen molar-refractivity contribution in [2.75, 3.05) is 0 Å². The van der Waals surface area contributed by atoms with Crippen LogP contribution in [0.25, 0.3) is 0 Å². The lowest BCUT2D eigenvalue weighted by Crippen LogP contribution is -2.04. The Bertz CT molecular complexity index is 557. The summed E-state index contributed by atoms with van der Waals surface area (Å²) in [4.78, 5) is 2.28. The van der Waals surface area contributed by atoms with Gasteiger partial charge in [0.05, 0.1) is 0 Å². The molecule has 0 aliphatic heterocycles. The van der Waals surface area contributed by atoms with E-state index < -0.39 is 0 Å². The molecule has 2 aromatic carbocycles. The minimum Gasteiger partial charge on any atom is -0.324 e. The molecular weight excluding hydrogens is 330 g/mol. The van der Waals surface area contributed by atoms with E-state index in [1.165, 1.54) is 0 Å². The Hall–Kier alpha value is -0.480. The molecule has 0 unspecified atom stereocenters. The Balaban J connectivity index is 2.24. The molecule has 2 rings (SSSR count). The molecule has 1 atom stereocenters. The van der Waals surface area contributed by atoms with Crippen molar-refractivity contribution in [1.29, 1.82) is 0 Å². The third-order valence-electron chi connectivity index (χ3n) is 2.51. The second-order valence-electron chi connectivity index (χ2n) is 4.04. The summed E-state index contributed by atoms with van der Waals surface area (Å²) in [5, 5.41) is 0.753. The van der Waals surface area contributed by atoms with Crippen molar-refractivity contribution >= 4 is 39.3 Å². The first-order chi connectivity index (χ1) is 8.56. The van der Waals surface area contributed by atoms with E-state index in [0.717, 1.165) is 24.8 Å². The predicted molar refractivity (Wildman–Crippen MR) is 82.3 cm³/mol. The molecule has 2 aromatic rings. The maximum Gasteiger partial charge on any atom is 0.0417 e. The number of hydrogen-bond donors (Lipinski definition) is 1. The molecule has 0 fully saturated rings. The lowest BCUT2D eigenvalue weighted by molar-refractivity contribution is 0.815. The molecule has 0 radical (unpaired) electrons. The van der Waals surface area contributed by atoms with Crippen LogP contribution in [0, 0.1) is 0 Å². The van der Waals surface area contributed by atoms with Crippen molar-refractivity contribution in [2.45, 2.75) is 22.8 Å². The normalized spacial score (nSPS) is 12.4. The van der Waals surface area contributed by atoms with Crippen LogP contribution >= 0.6 is 39.3 Å². The minimum absolute atomic E-state index is 0.0477. The van der Waals surface area contributed by atoms with Crippen molar-refractivity contribution in [2.24, 2.45) is 5.73 Å². The van der Waals surface area contributed by atoms with Gasteiger partial charge < -0.3 is 5.73 Å². The Morgan fingerprint density at radius 1 is 1.22 bits per heavy atom. The van der Waals surface area contributed by atoms with Gasteiger partial charge in [0.25, 0.3) is 0 Å². The number of hydrogen-bond acceptors (Lipinski definition) is 2. The smallest absolute Gasteiger partial charge is 0.0417 e. The number of nitrogens with two attached hydrogens (primary N) is 1. The summed E-state index contributed by atoms with van der Waals surface area (Å²) in [5.74, 6) is 0. The van der Waals surface area contributed by atoms with Gasteiger partial charge in [0.15, 0.2) is 0 Å². The zero-order valence-electron chi connectivity index (χ0n) is 9.86. The van der Waals surface area contributed by atoms with Crippen LogP contribution in [-0.2, 0) is 0 Å². The lowest BCUT2D eigenvalue weighted by Gasteiger charge is -2.09. The van der Waals surface area contributed by atoms with Crippen LogP contribution in [0.2, 0.25) is 5.02 Å². The van der Waals surface area contributed by atoms with Crippen LogP contribution in [0.15, 0.2) is 56.7 Å². The van der Waals surface area contributed by atoms with Crippen molar-refractivity contribution < 1.29 is 0 Å². The molecule has 94 valence electrons. The van der Waals surface area contributed by atoms with Crippen LogP contribution in [-0.4, -0.2) is 0 Å². The van der Waals surface area contributed by atoms with Crippen LogP contribution in [0.1, 0.15) is 18.5 Å². The fourth-order valence-electron chi connectivity index (χ4n) is 1.54. The fraction of sp³-hybridized carbons (Fsp3) is 0.143. The van der Waals surface area contributed by atoms with Gasteiger partial charge in [-0.15, -0.1) is 0 Å². The molecule has 0 bridgehead atoms. The van der Waals surface area contributed by atoms with Crippen LogP contribution in [0.4, 0.5) is 0 Å². The molecule has 0 spiro atoms. The highest BCUT2D eigenvalue weighted by molar-refractivity contribution is 9.10. The molecule has 2 N–H and O–H groups in total. The van der Waals surface area contributed by atoms with Gasteiger partial charge >= 0.3 is 0 Å². The molecule has 18 heavy (non-hydrogen) atoms. The van der Waals surface area contributed by atoms with Gasteiger partial charge in [0.2, 0.25) is 0 Å². The zero-order chi connectivity index (χ0) is 13.1. The number of benzene rings is 2. The number of halogens is 2. The van der Waals surface area contributed by atoms with Gasteiger partial charge in [-0.25, -0.2) is 0 Å². The van der Waals surface area contributed by atoms with E-state index in [4.69, 9.17) is 17.3 Å². The summed E-state index contributed by atoms with van der Waals surface area (Å²) >= 11 is 11.2. The van der Waals surface area contributed by atoms with Crippen LogP contribution in [0.3, 0.4) is 0 Å². The zero-order valence-corrected chi connectivity index (χ0v) is 13.0. The standard InChI is InChI=1S/C14H13BrClNS/c1-9(17)10-5-6-14(13(15)7-10)18-12-4-2-3-11(16)8-12/h2-9H,17H2,1H3/t9-/m0/s1.